The number of aryl methyl sites for hydroxylation is 1. The fraction of sp³-hybridized carbons (Fsp3) is 0.400. The van der Waals surface area contributed by atoms with Crippen LogP contribution >= 0.6 is 0 Å². The summed E-state index contributed by atoms with van der Waals surface area (Å²) in [6.45, 7) is 2.17. The van der Waals surface area contributed by atoms with Crippen molar-refractivity contribution in [2.45, 2.75) is 26.2 Å². The maximum atomic E-state index is 7.35. The molecule has 0 nitrogen and oxygen atoms in total. The van der Waals surface area contributed by atoms with Gasteiger partial charge in [0, 0.05) is 0 Å². The van der Waals surface area contributed by atoms with Gasteiger partial charge in [-0.25, -0.2) is 0 Å². The topological polar surface area (TPSA) is 0 Å². The number of benzene rings is 1. The van der Waals surface area contributed by atoms with Crippen molar-refractivity contribution >= 4 is 0 Å². The number of unbranched alkanes of at least 4 members (excludes halogenated alkanes) is 1. The summed E-state index contributed by atoms with van der Waals surface area (Å²) < 4.78 is 7.35. The van der Waals surface area contributed by atoms with E-state index in [1.807, 2.05) is 12.1 Å². The molecule has 1 radical (unpaired) electrons. The van der Waals surface area contributed by atoms with Crippen LogP contribution in [0.5, 0.6) is 0 Å². The second kappa shape index (κ2) is 4.10. The van der Waals surface area contributed by atoms with Crippen molar-refractivity contribution in [1.29, 1.82) is 0 Å². The first-order valence-electron chi connectivity index (χ1n) is 4.30. The minimum absolute atomic E-state index is 0.592. The molecule has 0 saturated heterocycles. The highest BCUT2D eigenvalue weighted by molar-refractivity contribution is 5.12. The summed E-state index contributed by atoms with van der Waals surface area (Å²) in [4.78, 5) is 0. The highest BCUT2D eigenvalue weighted by Gasteiger charge is 1.88. The van der Waals surface area contributed by atoms with Gasteiger partial charge in [0.05, 0.1) is 1.37 Å². The van der Waals surface area contributed by atoms with Crippen LogP contribution in [0.15, 0.2) is 24.2 Å². The Morgan fingerprint density at radius 1 is 1.70 bits per heavy atom. The van der Waals surface area contributed by atoms with Gasteiger partial charge in [-0.2, -0.15) is 0 Å². The molecule has 0 spiro atoms. The van der Waals surface area contributed by atoms with Crippen LogP contribution in [0.25, 0.3) is 0 Å². The van der Waals surface area contributed by atoms with Gasteiger partial charge in [0.25, 0.3) is 0 Å². The fourth-order valence-electron chi connectivity index (χ4n) is 0.899. The van der Waals surface area contributed by atoms with E-state index in [2.05, 4.69) is 13.0 Å². The van der Waals surface area contributed by atoms with Crippen molar-refractivity contribution in [3.63, 3.8) is 0 Å². The maximum Gasteiger partial charge on any atom is 0.0623 e. The number of hydrogen-bond donors (Lipinski definition) is 0. The molecule has 0 fully saturated rings. The van der Waals surface area contributed by atoms with Crippen LogP contribution in [0, 0.1) is 6.07 Å². The molecule has 0 heteroatoms. The van der Waals surface area contributed by atoms with E-state index in [-0.39, 0.29) is 0 Å². The summed E-state index contributed by atoms with van der Waals surface area (Å²) >= 11 is 0. The zero-order valence-electron chi connectivity index (χ0n) is 7.35. The Kier molecular flexibility index (Phi) is 2.45. The van der Waals surface area contributed by atoms with Gasteiger partial charge in [0.15, 0.2) is 0 Å². The quantitative estimate of drug-likeness (QED) is 0.598. The third-order valence-corrected chi connectivity index (χ3v) is 1.51. The van der Waals surface area contributed by atoms with Gasteiger partial charge in [-0.15, -0.1) is 0 Å². The molecule has 0 N–H and O–H groups in total. The fourth-order valence-corrected chi connectivity index (χ4v) is 0.899. The van der Waals surface area contributed by atoms with Gasteiger partial charge in [0.2, 0.25) is 0 Å². The maximum absolute atomic E-state index is 7.35. The lowest BCUT2D eigenvalue weighted by molar-refractivity contribution is 0.794. The normalized spacial score (nSPS) is 11.1. The van der Waals surface area contributed by atoms with E-state index in [0.717, 1.165) is 6.42 Å². The highest BCUT2D eigenvalue weighted by atomic mass is 13.9. The van der Waals surface area contributed by atoms with Gasteiger partial charge in [-0.1, -0.05) is 37.6 Å². The minimum Gasteiger partial charge on any atom is -0.0654 e. The van der Waals surface area contributed by atoms with Crippen molar-refractivity contribution in [3.8, 4) is 0 Å². The summed E-state index contributed by atoms with van der Waals surface area (Å²) in [6.07, 6.45) is 3.46. The Morgan fingerprint density at radius 2 is 2.60 bits per heavy atom. The van der Waals surface area contributed by atoms with Crippen molar-refractivity contribution in [2.75, 3.05) is 0 Å². The smallest absolute Gasteiger partial charge is 0.0623 e. The lowest BCUT2D eigenvalue weighted by Gasteiger charge is -1.95. The average molecular weight is 135 g/mol. The molecule has 1 rings (SSSR count). The predicted octanol–water partition coefficient (Wildman–Crippen LogP) is 2.83. The number of rotatable bonds is 3. The largest absolute Gasteiger partial charge is 0.0654 e. The highest BCUT2D eigenvalue weighted by Crippen LogP contribution is 2.02. The van der Waals surface area contributed by atoms with Gasteiger partial charge < -0.3 is 0 Å². The Bertz CT molecular complexity index is 218. The molecule has 0 bridgehead atoms. The molecular formula is C10H13. The summed E-state index contributed by atoms with van der Waals surface area (Å²) in [7, 11) is 0. The predicted molar refractivity (Wildman–Crippen MR) is 43.9 cm³/mol. The van der Waals surface area contributed by atoms with Gasteiger partial charge in [0.1, 0.15) is 0 Å². The van der Waals surface area contributed by atoms with Crippen LogP contribution in [0.1, 0.15) is 26.7 Å². The molecule has 0 saturated carbocycles. The molecule has 0 aliphatic rings. The first-order chi connectivity index (χ1) is 5.33. The molecule has 0 aliphatic carbocycles. The molecule has 1 aromatic carbocycles. The van der Waals surface area contributed by atoms with Gasteiger partial charge in [-0.3, -0.25) is 0 Å². The van der Waals surface area contributed by atoms with Crippen molar-refractivity contribution in [1.82, 2.24) is 0 Å². The molecule has 0 unspecified atom stereocenters. The first-order valence-corrected chi connectivity index (χ1v) is 3.80. The standard InChI is InChI=1S/C10H13/c1-2-3-7-10-8-5-4-6-9-10/h4-6,8H,2-3,7H2,1H3/i5T. The summed E-state index contributed by atoms with van der Waals surface area (Å²) in [5, 5.41) is 0. The second-order valence-electron chi connectivity index (χ2n) is 2.42. The van der Waals surface area contributed by atoms with Crippen molar-refractivity contribution in [3.05, 3.63) is 35.9 Å². The van der Waals surface area contributed by atoms with Crippen molar-refractivity contribution in [2.24, 2.45) is 0 Å². The molecular weight excluding hydrogens is 120 g/mol. The Morgan fingerprint density at radius 3 is 3.30 bits per heavy atom. The summed E-state index contributed by atoms with van der Waals surface area (Å²) in [6, 6.07) is 9.19. The molecule has 0 amide bonds. The Hall–Kier alpha value is -0.780. The molecule has 53 valence electrons. The van der Waals surface area contributed by atoms with Gasteiger partial charge in [-0.05, 0) is 24.5 Å². The second-order valence-corrected chi connectivity index (χ2v) is 2.42. The molecule has 0 aliphatic heterocycles. The lowest BCUT2D eigenvalue weighted by Crippen LogP contribution is -1.82. The third kappa shape index (κ3) is 2.22. The first kappa shape index (κ1) is 5.96. The zero-order chi connectivity index (χ0) is 8.10. The average Bonchev–Trinajstić information content (AvgIpc) is 2.01. The van der Waals surface area contributed by atoms with Crippen LogP contribution in [0.3, 0.4) is 0 Å². The number of hydrogen-bond acceptors (Lipinski definition) is 0. The van der Waals surface area contributed by atoms with E-state index in [1.165, 1.54) is 18.4 Å². The van der Waals surface area contributed by atoms with E-state index in [0.29, 0.717) is 6.04 Å². The molecule has 1 aromatic rings. The monoisotopic (exact) mass is 135 g/mol. The molecule has 0 heterocycles. The Labute approximate surface area is 64.3 Å². The lowest BCUT2D eigenvalue weighted by atomic mass is 10.1. The van der Waals surface area contributed by atoms with Crippen LogP contribution in [0.2, 0.25) is 0 Å². The van der Waals surface area contributed by atoms with Crippen LogP contribution < -0.4 is 0 Å². The molecule has 0 atom stereocenters. The van der Waals surface area contributed by atoms with Crippen LogP contribution in [-0.4, -0.2) is 0 Å². The van der Waals surface area contributed by atoms with Crippen LogP contribution in [0.4, 0.5) is 0 Å². The van der Waals surface area contributed by atoms with E-state index in [1.54, 1.807) is 6.07 Å². The van der Waals surface area contributed by atoms with E-state index in [9.17, 15) is 0 Å². The molecule has 10 heavy (non-hydrogen) atoms. The summed E-state index contributed by atoms with van der Waals surface area (Å²) in [5.74, 6) is 0. The summed E-state index contributed by atoms with van der Waals surface area (Å²) in [5.41, 5.74) is 1.17. The molecule has 0 aromatic heterocycles. The van der Waals surface area contributed by atoms with Gasteiger partial charge >= 0.3 is 0 Å². The van der Waals surface area contributed by atoms with Crippen LogP contribution in [-0.2, 0) is 6.42 Å². The van der Waals surface area contributed by atoms with E-state index < -0.39 is 0 Å². The third-order valence-electron chi connectivity index (χ3n) is 1.51. The minimum atomic E-state index is 0.592. The zero-order valence-corrected chi connectivity index (χ0v) is 6.35. The Balaban J connectivity index is 2.56. The van der Waals surface area contributed by atoms with E-state index in [4.69, 9.17) is 1.37 Å². The van der Waals surface area contributed by atoms with Crippen molar-refractivity contribution < 1.29 is 1.37 Å². The SMILES string of the molecule is [3H]c1cc[c]c(CCCC)c1. The van der Waals surface area contributed by atoms with E-state index >= 15 is 0 Å².